The fourth-order valence-corrected chi connectivity index (χ4v) is 4.00. The van der Waals surface area contributed by atoms with Crippen molar-refractivity contribution in [2.24, 2.45) is 5.92 Å². The smallest absolute Gasteiger partial charge is 0.306 e. The maximum absolute atomic E-state index is 12.6. The van der Waals surface area contributed by atoms with Crippen LogP contribution in [0.2, 0.25) is 0 Å². The molecule has 29 heavy (non-hydrogen) atoms. The van der Waals surface area contributed by atoms with E-state index in [1.165, 1.54) is 0 Å². The third-order valence-electron chi connectivity index (χ3n) is 5.60. The summed E-state index contributed by atoms with van der Waals surface area (Å²) in [5, 5.41) is 0. The molecule has 4 nitrogen and oxygen atoms in total. The molecule has 1 aliphatic carbocycles. The van der Waals surface area contributed by atoms with E-state index in [1.54, 1.807) is 0 Å². The van der Waals surface area contributed by atoms with E-state index in [0.717, 1.165) is 36.8 Å². The van der Waals surface area contributed by atoms with Crippen molar-refractivity contribution in [3.8, 4) is 0 Å². The molecule has 0 spiro atoms. The summed E-state index contributed by atoms with van der Waals surface area (Å²) in [5.41, 5.74) is 1.86. The monoisotopic (exact) mass is 396 g/mol. The lowest BCUT2D eigenvalue weighted by Crippen LogP contribution is -2.29. The number of carbonyl (C=O) groups excluding carboxylic acids is 1. The van der Waals surface area contributed by atoms with Crippen molar-refractivity contribution in [3.05, 3.63) is 71.8 Å². The van der Waals surface area contributed by atoms with Gasteiger partial charge in [-0.2, -0.15) is 0 Å². The molecule has 0 N–H and O–H groups in total. The van der Waals surface area contributed by atoms with Crippen LogP contribution in [0, 0.1) is 5.92 Å². The van der Waals surface area contributed by atoms with Crippen molar-refractivity contribution < 1.29 is 19.0 Å². The van der Waals surface area contributed by atoms with E-state index in [0.29, 0.717) is 13.0 Å². The van der Waals surface area contributed by atoms with Crippen molar-refractivity contribution in [3.63, 3.8) is 0 Å². The van der Waals surface area contributed by atoms with E-state index in [2.05, 4.69) is 0 Å². The van der Waals surface area contributed by atoms with Crippen molar-refractivity contribution >= 4 is 5.97 Å². The highest BCUT2D eigenvalue weighted by Crippen LogP contribution is 2.34. The topological polar surface area (TPSA) is 44.8 Å². The maximum Gasteiger partial charge on any atom is 0.306 e. The van der Waals surface area contributed by atoms with Gasteiger partial charge < -0.3 is 14.2 Å². The van der Waals surface area contributed by atoms with E-state index < -0.39 is 0 Å². The van der Waals surface area contributed by atoms with E-state index in [9.17, 15) is 4.79 Å². The largest absolute Gasteiger partial charge is 0.459 e. The van der Waals surface area contributed by atoms with Crippen LogP contribution in [0.5, 0.6) is 0 Å². The first-order chi connectivity index (χ1) is 14.1. The fourth-order valence-electron chi connectivity index (χ4n) is 4.00. The van der Waals surface area contributed by atoms with Crippen LogP contribution in [0.15, 0.2) is 60.7 Å². The van der Waals surface area contributed by atoms with Gasteiger partial charge in [-0.15, -0.1) is 0 Å². The Labute approximate surface area is 174 Å². The highest BCUT2D eigenvalue weighted by Gasteiger charge is 2.33. The first kappa shape index (κ1) is 21.5. The Morgan fingerprint density at radius 3 is 2.28 bits per heavy atom. The van der Waals surface area contributed by atoms with Gasteiger partial charge >= 0.3 is 5.97 Å². The summed E-state index contributed by atoms with van der Waals surface area (Å²) in [5.74, 6) is -0.160. The van der Waals surface area contributed by atoms with Crippen molar-refractivity contribution in [1.29, 1.82) is 0 Å². The SMILES string of the molecule is C[C@@H](CC(=O)OC1(C)CCCC1)[C@H](OCOCc1ccccc1)c1ccccc1. The van der Waals surface area contributed by atoms with Gasteiger partial charge in [-0.05, 0) is 49.7 Å². The summed E-state index contributed by atoms with van der Waals surface area (Å²) in [6.07, 6.45) is 4.28. The minimum Gasteiger partial charge on any atom is -0.459 e. The van der Waals surface area contributed by atoms with E-state index in [4.69, 9.17) is 14.2 Å². The summed E-state index contributed by atoms with van der Waals surface area (Å²) >= 11 is 0. The van der Waals surface area contributed by atoms with Crippen LogP contribution >= 0.6 is 0 Å². The standard InChI is InChI=1S/C25H32O4/c1-20(17-23(26)29-25(2)15-9-10-16-25)24(22-13-7-4-8-14-22)28-19-27-18-21-11-5-3-6-12-21/h3-8,11-14,20,24H,9-10,15-19H2,1-2H3/t20-,24-/m0/s1. The van der Waals surface area contributed by atoms with Gasteiger partial charge in [0.25, 0.3) is 0 Å². The van der Waals surface area contributed by atoms with Crippen LogP contribution < -0.4 is 0 Å². The molecule has 0 aliphatic heterocycles. The molecule has 2 aromatic carbocycles. The summed E-state index contributed by atoms with van der Waals surface area (Å²) in [6, 6.07) is 20.0. The Morgan fingerprint density at radius 2 is 1.62 bits per heavy atom. The van der Waals surface area contributed by atoms with E-state index >= 15 is 0 Å². The molecule has 0 unspecified atom stereocenters. The average molecular weight is 397 g/mol. The molecule has 156 valence electrons. The highest BCUT2D eigenvalue weighted by atomic mass is 16.7. The predicted molar refractivity (Wildman–Crippen MR) is 113 cm³/mol. The lowest BCUT2D eigenvalue weighted by Gasteiger charge is -2.28. The quantitative estimate of drug-likeness (QED) is 0.288. The average Bonchev–Trinajstić information content (AvgIpc) is 3.15. The van der Waals surface area contributed by atoms with Gasteiger partial charge in [0.05, 0.1) is 19.1 Å². The van der Waals surface area contributed by atoms with Crippen molar-refractivity contribution in [1.82, 2.24) is 0 Å². The summed E-state index contributed by atoms with van der Waals surface area (Å²) < 4.78 is 17.6. The lowest BCUT2D eigenvalue weighted by atomic mass is 9.94. The number of hydrogen-bond donors (Lipinski definition) is 0. The lowest BCUT2D eigenvalue weighted by molar-refractivity contribution is -0.162. The molecule has 0 aromatic heterocycles. The van der Waals surface area contributed by atoms with Crippen LogP contribution in [0.25, 0.3) is 0 Å². The molecule has 0 radical (unpaired) electrons. The fraction of sp³-hybridized carbons (Fsp3) is 0.480. The van der Waals surface area contributed by atoms with E-state index in [1.807, 2.05) is 74.5 Å². The minimum absolute atomic E-state index is 0.0183. The Kier molecular flexibility index (Phi) is 7.84. The number of carbonyl (C=O) groups is 1. The van der Waals surface area contributed by atoms with E-state index in [-0.39, 0.29) is 30.4 Å². The molecular formula is C25H32O4. The van der Waals surface area contributed by atoms with Gasteiger partial charge in [0.15, 0.2) is 0 Å². The molecule has 1 aliphatic rings. The van der Waals surface area contributed by atoms with Gasteiger partial charge in [-0.3, -0.25) is 4.79 Å². The zero-order valence-electron chi connectivity index (χ0n) is 17.5. The van der Waals surface area contributed by atoms with Crippen LogP contribution in [0.1, 0.15) is 63.2 Å². The van der Waals surface area contributed by atoms with Gasteiger partial charge in [0, 0.05) is 0 Å². The Bertz CT molecular complexity index is 738. The highest BCUT2D eigenvalue weighted by molar-refractivity contribution is 5.70. The van der Waals surface area contributed by atoms with Gasteiger partial charge in [0.2, 0.25) is 0 Å². The third kappa shape index (κ3) is 6.69. The summed E-state index contributed by atoms with van der Waals surface area (Å²) in [7, 11) is 0. The first-order valence-corrected chi connectivity index (χ1v) is 10.6. The predicted octanol–water partition coefficient (Wildman–Crippen LogP) is 5.82. The van der Waals surface area contributed by atoms with Gasteiger partial charge in [-0.1, -0.05) is 67.6 Å². The first-order valence-electron chi connectivity index (χ1n) is 10.6. The molecule has 4 heteroatoms. The van der Waals surface area contributed by atoms with Crippen LogP contribution in [0.4, 0.5) is 0 Å². The maximum atomic E-state index is 12.6. The number of hydrogen-bond acceptors (Lipinski definition) is 4. The third-order valence-corrected chi connectivity index (χ3v) is 5.60. The molecule has 2 aromatic rings. The molecule has 0 bridgehead atoms. The molecule has 0 amide bonds. The number of rotatable bonds is 10. The molecule has 1 saturated carbocycles. The van der Waals surface area contributed by atoms with Gasteiger partial charge in [-0.25, -0.2) is 0 Å². The molecule has 3 rings (SSSR count). The normalized spacial score (nSPS) is 17.6. The molecule has 1 fully saturated rings. The second kappa shape index (κ2) is 10.6. The molecular weight excluding hydrogens is 364 g/mol. The second-order valence-corrected chi connectivity index (χ2v) is 8.26. The van der Waals surface area contributed by atoms with Crippen molar-refractivity contribution in [2.45, 2.75) is 64.3 Å². The zero-order valence-corrected chi connectivity index (χ0v) is 17.5. The van der Waals surface area contributed by atoms with Crippen LogP contribution in [0.3, 0.4) is 0 Å². The molecule has 0 heterocycles. The molecule has 0 saturated heterocycles. The number of esters is 1. The second-order valence-electron chi connectivity index (χ2n) is 8.26. The van der Waals surface area contributed by atoms with Gasteiger partial charge in [0.1, 0.15) is 12.4 Å². The summed E-state index contributed by atoms with van der Waals surface area (Å²) in [4.78, 5) is 12.6. The Morgan fingerprint density at radius 1 is 1.00 bits per heavy atom. The Balaban J connectivity index is 1.55. The van der Waals surface area contributed by atoms with Crippen molar-refractivity contribution in [2.75, 3.05) is 6.79 Å². The zero-order chi connectivity index (χ0) is 20.5. The minimum atomic E-state index is -0.293. The number of ether oxygens (including phenoxy) is 3. The van der Waals surface area contributed by atoms with Crippen LogP contribution in [-0.4, -0.2) is 18.4 Å². The summed E-state index contributed by atoms with van der Waals surface area (Å²) in [6.45, 7) is 4.75. The number of benzene rings is 2. The van der Waals surface area contributed by atoms with Crippen LogP contribution in [-0.2, 0) is 25.6 Å². The molecule has 2 atom stereocenters. The Hall–Kier alpha value is -2.17.